The number of nitriles is 1. The van der Waals surface area contributed by atoms with Crippen LogP contribution in [-0.2, 0) is 19.1 Å². The van der Waals surface area contributed by atoms with Crippen LogP contribution in [0.3, 0.4) is 0 Å². The van der Waals surface area contributed by atoms with Crippen LogP contribution in [0.1, 0.15) is 53.4 Å². The molecule has 0 aromatic rings. The van der Waals surface area contributed by atoms with Crippen molar-refractivity contribution in [3.05, 3.63) is 0 Å². The molecule has 1 heterocycles. The minimum atomic E-state index is -1.09. The molecular weight excluding hydrogens is 364 g/mol. The largest absolute Gasteiger partial charge is 0.454 e. The third-order valence-electron chi connectivity index (χ3n) is 5.94. The number of nitrogens with zero attached hydrogens (tertiary/aromatic N) is 2. The van der Waals surface area contributed by atoms with E-state index in [1.54, 1.807) is 20.8 Å². The maximum absolute atomic E-state index is 12.8. The summed E-state index contributed by atoms with van der Waals surface area (Å²) >= 11 is 0. The van der Waals surface area contributed by atoms with Crippen molar-refractivity contribution in [2.45, 2.75) is 64.5 Å². The van der Waals surface area contributed by atoms with Gasteiger partial charge in [-0.25, -0.2) is 4.79 Å². The van der Waals surface area contributed by atoms with Crippen molar-refractivity contribution in [2.75, 3.05) is 13.2 Å². The Labute approximate surface area is 164 Å². The van der Waals surface area contributed by atoms with E-state index in [2.05, 4.69) is 10.6 Å². The molecule has 0 aromatic heterocycles. The molecular formula is C19H28N4O5. The molecule has 28 heavy (non-hydrogen) atoms. The van der Waals surface area contributed by atoms with Crippen LogP contribution < -0.4 is 10.6 Å². The van der Waals surface area contributed by atoms with Gasteiger partial charge in [-0.15, -0.1) is 0 Å². The van der Waals surface area contributed by atoms with Crippen LogP contribution in [0.2, 0.25) is 0 Å². The van der Waals surface area contributed by atoms with Crippen LogP contribution in [0, 0.1) is 23.2 Å². The summed E-state index contributed by atoms with van der Waals surface area (Å²) in [7, 11) is 0. The molecule has 1 saturated carbocycles. The molecule has 4 amide bonds. The average Bonchev–Trinajstić information content (AvgIpc) is 2.87. The van der Waals surface area contributed by atoms with E-state index < -0.39 is 48.0 Å². The number of ether oxygens (including phenoxy) is 1. The molecule has 1 aliphatic carbocycles. The first-order valence-electron chi connectivity index (χ1n) is 9.57. The van der Waals surface area contributed by atoms with Gasteiger partial charge in [0.1, 0.15) is 17.6 Å². The minimum Gasteiger partial charge on any atom is -0.454 e. The van der Waals surface area contributed by atoms with Crippen LogP contribution in [0.4, 0.5) is 4.79 Å². The maximum Gasteiger partial charge on any atom is 0.326 e. The van der Waals surface area contributed by atoms with Crippen molar-refractivity contribution in [2.24, 2.45) is 11.8 Å². The Morgan fingerprint density at radius 1 is 1.43 bits per heavy atom. The molecule has 1 saturated heterocycles. The summed E-state index contributed by atoms with van der Waals surface area (Å²) in [5.74, 6) is -2.05. The summed E-state index contributed by atoms with van der Waals surface area (Å²) in [4.78, 5) is 50.0. The smallest absolute Gasteiger partial charge is 0.326 e. The lowest BCUT2D eigenvalue weighted by Gasteiger charge is -2.36. The Morgan fingerprint density at radius 2 is 2.11 bits per heavy atom. The number of rotatable bonds is 6. The summed E-state index contributed by atoms with van der Waals surface area (Å²) in [5, 5.41) is 14.5. The second kappa shape index (κ2) is 8.17. The molecule has 2 aliphatic rings. The van der Waals surface area contributed by atoms with E-state index in [-0.39, 0.29) is 11.8 Å². The van der Waals surface area contributed by atoms with E-state index in [9.17, 15) is 24.4 Å². The number of nitrogens with one attached hydrogen (secondary N) is 2. The van der Waals surface area contributed by atoms with Gasteiger partial charge in [0.25, 0.3) is 11.8 Å². The van der Waals surface area contributed by atoms with Gasteiger partial charge in [-0.3, -0.25) is 19.3 Å². The van der Waals surface area contributed by atoms with E-state index in [1.165, 1.54) is 0 Å². The highest BCUT2D eigenvalue weighted by molar-refractivity contribution is 6.09. The fourth-order valence-electron chi connectivity index (χ4n) is 3.59. The van der Waals surface area contributed by atoms with Gasteiger partial charge >= 0.3 is 12.0 Å². The van der Waals surface area contributed by atoms with Crippen LogP contribution >= 0.6 is 0 Å². The molecule has 0 radical (unpaired) electrons. The topological polar surface area (TPSA) is 129 Å². The zero-order valence-electron chi connectivity index (χ0n) is 16.8. The van der Waals surface area contributed by atoms with E-state index in [1.807, 2.05) is 13.0 Å². The lowest BCUT2D eigenvalue weighted by molar-refractivity contribution is -0.151. The summed E-state index contributed by atoms with van der Waals surface area (Å²) in [5.41, 5.74) is -2.03. The van der Waals surface area contributed by atoms with E-state index in [0.29, 0.717) is 6.42 Å². The molecule has 0 aromatic carbocycles. The minimum absolute atomic E-state index is 0.0100. The number of carbonyl (C=O) groups excluding carboxylic acids is 4. The fourth-order valence-corrected chi connectivity index (χ4v) is 3.59. The Kier molecular flexibility index (Phi) is 6.32. The SMILES string of the molecule is CC(C)[C@](C)(C#N)NC(=O)COC(=O)CN1C(=O)N[C@]2(CCCC[C@@H]2C)C1=O. The second-order valence-corrected chi connectivity index (χ2v) is 8.12. The van der Waals surface area contributed by atoms with Gasteiger partial charge in [0.2, 0.25) is 0 Å². The standard InChI is InChI=1S/C19H28N4O5/c1-12(2)18(4,11-20)21-14(24)10-28-15(25)9-23-16(26)19(22-17(23)27)8-6-5-7-13(19)3/h12-13H,5-10H2,1-4H3,(H,21,24)(H,22,27)/t13-,18-,19-/m0/s1. The Bertz CT molecular complexity index is 716. The molecule has 1 spiro atoms. The lowest BCUT2D eigenvalue weighted by atomic mass is 9.73. The van der Waals surface area contributed by atoms with E-state index in [0.717, 1.165) is 24.2 Å². The average molecular weight is 392 g/mol. The van der Waals surface area contributed by atoms with Gasteiger partial charge in [-0.1, -0.05) is 33.6 Å². The number of hydrogen-bond donors (Lipinski definition) is 2. The summed E-state index contributed by atoms with van der Waals surface area (Å²) < 4.78 is 4.90. The molecule has 2 fully saturated rings. The lowest BCUT2D eigenvalue weighted by Crippen LogP contribution is -2.54. The number of imide groups is 1. The maximum atomic E-state index is 12.8. The van der Waals surface area contributed by atoms with Gasteiger partial charge in [0, 0.05) is 0 Å². The molecule has 154 valence electrons. The van der Waals surface area contributed by atoms with Crippen molar-refractivity contribution in [1.82, 2.24) is 15.5 Å². The Morgan fingerprint density at radius 3 is 2.68 bits per heavy atom. The number of hydrogen-bond acceptors (Lipinski definition) is 6. The van der Waals surface area contributed by atoms with Crippen molar-refractivity contribution < 1.29 is 23.9 Å². The molecule has 9 nitrogen and oxygen atoms in total. The van der Waals surface area contributed by atoms with Crippen LogP contribution in [-0.4, -0.2) is 52.9 Å². The summed E-state index contributed by atoms with van der Waals surface area (Å²) in [6.45, 7) is 5.93. The summed E-state index contributed by atoms with van der Waals surface area (Å²) in [6.07, 6.45) is 3.22. The third kappa shape index (κ3) is 4.11. The summed E-state index contributed by atoms with van der Waals surface area (Å²) in [6, 6.07) is 1.41. The third-order valence-corrected chi connectivity index (χ3v) is 5.94. The Hall–Kier alpha value is -2.63. The predicted octanol–water partition coefficient (Wildman–Crippen LogP) is 1.08. The highest BCUT2D eigenvalue weighted by Gasteiger charge is 2.55. The van der Waals surface area contributed by atoms with E-state index in [4.69, 9.17) is 4.74 Å². The van der Waals surface area contributed by atoms with Crippen LogP contribution in [0.25, 0.3) is 0 Å². The fraction of sp³-hybridized carbons (Fsp3) is 0.737. The van der Waals surface area contributed by atoms with Gasteiger partial charge in [0.05, 0.1) is 6.07 Å². The van der Waals surface area contributed by atoms with Crippen LogP contribution in [0.15, 0.2) is 0 Å². The molecule has 2 rings (SSSR count). The van der Waals surface area contributed by atoms with Crippen molar-refractivity contribution in [3.63, 3.8) is 0 Å². The first kappa shape index (κ1) is 21.7. The van der Waals surface area contributed by atoms with Gasteiger partial charge in [-0.05, 0) is 31.6 Å². The highest BCUT2D eigenvalue weighted by atomic mass is 16.5. The number of carbonyl (C=O) groups is 4. The van der Waals surface area contributed by atoms with Crippen LogP contribution in [0.5, 0.6) is 0 Å². The van der Waals surface area contributed by atoms with E-state index >= 15 is 0 Å². The molecule has 1 aliphatic heterocycles. The normalized spacial score (nSPS) is 26.6. The molecule has 0 unspecified atom stereocenters. The van der Waals surface area contributed by atoms with Crippen molar-refractivity contribution in [3.8, 4) is 6.07 Å². The second-order valence-electron chi connectivity index (χ2n) is 8.12. The number of urea groups is 1. The zero-order chi connectivity index (χ0) is 21.1. The van der Waals surface area contributed by atoms with Gasteiger partial charge < -0.3 is 15.4 Å². The quantitative estimate of drug-likeness (QED) is 0.514. The van der Waals surface area contributed by atoms with Gasteiger partial charge in [0.15, 0.2) is 6.61 Å². The number of esters is 1. The van der Waals surface area contributed by atoms with Crippen molar-refractivity contribution >= 4 is 23.8 Å². The molecule has 0 bridgehead atoms. The highest BCUT2D eigenvalue weighted by Crippen LogP contribution is 2.38. The first-order chi connectivity index (χ1) is 13.1. The number of amides is 4. The monoisotopic (exact) mass is 392 g/mol. The zero-order valence-corrected chi connectivity index (χ0v) is 16.8. The first-order valence-corrected chi connectivity index (χ1v) is 9.57. The molecule has 3 atom stereocenters. The Balaban J connectivity index is 1.91. The molecule has 2 N–H and O–H groups in total. The van der Waals surface area contributed by atoms with Crippen molar-refractivity contribution in [1.29, 1.82) is 5.26 Å². The van der Waals surface area contributed by atoms with Gasteiger partial charge in [-0.2, -0.15) is 5.26 Å². The predicted molar refractivity (Wildman–Crippen MR) is 98.6 cm³/mol. The molecule has 9 heteroatoms.